The predicted molar refractivity (Wildman–Crippen MR) is 80.6 cm³/mol. The number of pyridine rings is 1. The molecule has 0 unspecified atom stereocenters. The highest BCUT2D eigenvalue weighted by atomic mass is 19.1. The number of halogens is 2. The number of ether oxygens (including phenoxy) is 1. The van der Waals surface area contributed by atoms with Crippen molar-refractivity contribution in [3.05, 3.63) is 40.7 Å². The summed E-state index contributed by atoms with van der Waals surface area (Å²) in [6.45, 7) is 0.432. The minimum absolute atomic E-state index is 0.184. The van der Waals surface area contributed by atoms with Crippen molar-refractivity contribution in [2.24, 2.45) is 7.05 Å². The van der Waals surface area contributed by atoms with Crippen molar-refractivity contribution in [1.82, 2.24) is 14.5 Å². The van der Waals surface area contributed by atoms with E-state index in [-0.39, 0.29) is 23.4 Å². The summed E-state index contributed by atoms with van der Waals surface area (Å²) in [7, 11) is 1.56. The van der Waals surface area contributed by atoms with Gasteiger partial charge in [0, 0.05) is 31.4 Å². The van der Waals surface area contributed by atoms with Gasteiger partial charge in [0.1, 0.15) is 6.67 Å². The van der Waals surface area contributed by atoms with Gasteiger partial charge in [-0.2, -0.15) is 0 Å². The van der Waals surface area contributed by atoms with Crippen LogP contribution in [-0.2, 0) is 11.8 Å². The maximum absolute atomic E-state index is 13.9. The van der Waals surface area contributed by atoms with Gasteiger partial charge in [-0.3, -0.25) is 14.3 Å². The molecule has 0 aromatic carbocycles. The summed E-state index contributed by atoms with van der Waals surface area (Å²) in [4.78, 5) is 22.0. The average molecular weight is 322 g/mol. The molecule has 3 rings (SSSR count). The number of hydrogen-bond acceptors (Lipinski definition) is 5. The molecule has 3 heterocycles. The van der Waals surface area contributed by atoms with Gasteiger partial charge in [0.25, 0.3) is 5.56 Å². The SMILES string of the molecule is Cn1c(N2CCOC[C@H]2CF)nc(-c2ccncc2F)cc1=O. The van der Waals surface area contributed by atoms with Gasteiger partial charge in [-0.15, -0.1) is 0 Å². The Morgan fingerprint density at radius 2 is 2.30 bits per heavy atom. The lowest BCUT2D eigenvalue weighted by Gasteiger charge is -2.35. The third-order valence-electron chi connectivity index (χ3n) is 3.82. The van der Waals surface area contributed by atoms with Crippen LogP contribution >= 0.6 is 0 Å². The van der Waals surface area contributed by atoms with Crippen LogP contribution in [0.3, 0.4) is 0 Å². The molecule has 0 N–H and O–H groups in total. The lowest BCUT2D eigenvalue weighted by atomic mass is 10.2. The van der Waals surface area contributed by atoms with Crippen LogP contribution in [0.5, 0.6) is 0 Å². The predicted octanol–water partition coefficient (Wildman–Crippen LogP) is 1.16. The van der Waals surface area contributed by atoms with Crippen LogP contribution in [0.1, 0.15) is 0 Å². The molecular weight excluding hydrogens is 306 g/mol. The zero-order valence-electron chi connectivity index (χ0n) is 12.6. The highest BCUT2D eigenvalue weighted by molar-refractivity contribution is 5.60. The molecule has 8 heteroatoms. The number of alkyl halides is 1. The Labute approximate surface area is 131 Å². The number of anilines is 1. The summed E-state index contributed by atoms with van der Waals surface area (Å²) in [5, 5.41) is 0. The highest BCUT2D eigenvalue weighted by Crippen LogP contribution is 2.23. The van der Waals surface area contributed by atoms with E-state index in [1.165, 1.54) is 22.9 Å². The van der Waals surface area contributed by atoms with Crippen molar-refractivity contribution in [2.75, 3.05) is 31.3 Å². The standard InChI is InChI=1S/C15H16F2N4O2/c1-20-14(22)6-13(11-2-3-18-8-12(11)17)19-15(20)21-4-5-23-9-10(21)7-16/h2-3,6,8,10H,4-5,7,9H2,1H3/t10-/m1/s1. The Kier molecular flexibility index (Phi) is 4.33. The Balaban J connectivity index is 2.11. The fourth-order valence-corrected chi connectivity index (χ4v) is 2.55. The Morgan fingerprint density at radius 3 is 3.04 bits per heavy atom. The van der Waals surface area contributed by atoms with Crippen LogP contribution in [0.15, 0.2) is 29.3 Å². The van der Waals surface area contributed by atoms with E-state index < -0.39 is 18.5 Å². The van der Waals surface area contributed by atoms with Gasteiger partial charge in [0.05, 0.1) is 31.1 Å². The first-order chi connectivity index (χ1) is 11.1. The van der Waals surface area contributed by atoms with E-state index in [2.05, 4.69) is 9.97 Å². The summed E-state index contributed by atoms with van der Waals surface area (Å²) in [6, 6.07) is 2.19. The normalized spacial score (nSPS) is 18.2. The summed E-state index contributed by atoms with van der Waals surface area (Å²) in [5.41, 5.74) is 0.0430. The van der Waals surface area contributed by atoms with Crippen molar-refractivity contribution < 1.29 is 13.5 Å². The molecule has 0 amide bonds. The molecule has 1 fully saturated rings. The monoisotopic (exact) mass is 322 g/mol. The molecule has 23 heavy (non-hydrogen) atoms. The fraction of sp³-hybridized carbons (Fsp3) is 0.400. The van der Waals surface area contributed by atoms with E-state index in [0.29, 0.717) is 19.1 Å². The van der Waals surface area contributed by atoms with E-state index in [4.69, 9.17) is 4.74 Å². The zero-order valence-corrected chi connectivity index (χ0v) is 12.6. The van der Waals surface area contributed by atoms with Crippen LogP contribution in [-0.4, -0.2) is 47.0 Å². The second-order valence-corrected chi connectivity index (χ2v) is 5.27. The number of morpholine rings is 1. The molecule has 0 spiro atoms. The smallest absolute Gasteiger partial charge is 0.255 e. The Morgan fingerprint density at radius 1 is 1.48 bits per heavy atom. The van der Waals surface area contributed by atoms with Crippen molar-refractivity contribution in [1.29, 1.82) is 0 Å². The molecule has 2 aromatic rings. The third kappa shape index (κ3) is 2.94. The van der Waals surface area contributed by atoms with Gasteiger partial charge in [-0.25, -0.2) is 13.8 Å². The minimum atomic E-state index is -0.621. The average Bonchev–Trinajstić information content (AvgIpc) is 2.58. The molecule has 1 aliphatic rings. The maximum atomic E-state index is 13.9. The number of hydrogen-bond donors (Lipinski definition) is 0. The first kappa shape index (κ1) is 15.5. The van der Waals surface area contributed by atoms with E-state index in [9.17, 15) is 13.6 Å². The van der Waals surface area contributed by atoms with Crippen molar-refractivity contribution in [3.8, 4) is 11.3 Å². The number of aromatic nitrogens is 3. The van der Waals surface area contributed by atoms with E-state index in [1.807, 2.05) is 0 Å². The first-order valence-corrected chi connectivity index (χ1v) is 7.20. The second kappa shape index (κ2) is 6.41. The van der Waals surface area contributed by atoms with Gasteiger partial charge in [0.2, 0.25) is 5.95 Å². The van der Waals surface area contributed by atoms with E-state index >= 15 is 0 Å². The van der Waals surface area contributed by atoms with Gasteiger partial charge in [0.15, 0.2) is 5.82 Å². The molecule has 0 saturated carbocycles. The van der Waals surface area contributed by atoms with Crippen LogP contribution in [0.4, 0.5) is 14.7 Å². The van der Waals surface area contributed by atoms with Crippen molar-refractivity contribution >= 4 is 5.95 Å². The third-order valence-corrected chi connectivity index (χ3v) is 3.82. The summed E-state index contributed by atoms with van der Waals surface area (Å²) in [6.07, 6.45) is 2.49. The lowest BCUT2D eigenvalue weighted by Crippen LogP contribution is -2.49. The largest absolute Gasteiger partial charge is 0.377 e. The maximum Gasteiger partial charge on any atom is 0.255 e. The van der Waals surface area contributed by atoms with Crippen molar-refractivity contribution in [2.45, 2.75) is 6.04 Å². The molecule has 1 atom stereocenters. The summed E-state index contributed by atoms with van der Waals surface area (Å²) < 4.78 is 33.7. The van der Waals surface area contributed by atoms with Crippen LogP contribution in [0.25, 0.3) is 11.3 Å². The molecule has 122 valence electrons. The lowest BCUT2D eigenvalue weighted by molar-refractivity contribution is 0.0846. The Hall–Kier alpha value is -2.35. The molecule has 0 aliphatic carbocycles. The van der Waals surface area contributed by atoms with Gasteiger partial charge < -0.3 is 9.64 Å². The van der Waals surface area contributed by atoms with Gasteiger partial charge in [-0.05, 0) is 6.07 Å². The minimum Gasteiger partial charge on any atom is -0.377 e. The molecular formula is C15H16F2N4O2. The first-order valence-electron chi connectivity index (χ1n) is 7.20. The summed E-state index contributed by atoms with van der Waals surface area (Å²) in [5.74, 6) is -0.266. The Bertz CT molecular complexity index is 765. The number of rotatable bonds is 3. The molecule has 2 aromatic heterocycles. The molecule has 1 saturated heterocycles. The molecule has 0 bridgehead atoms. The van der Waals surface area contributed by atoms with Crippen molar-refractivity contribution in [3.63, 3.8) is 0 Å². The van der Waals surface area contributed by atoms with E-state index in [1.54, 1.807) is 11.9 Å². The molecule has 0 radical (unpaired) electrons. The zero-order chi connectivity index (χ0) is 16.4. The number of nitrogens with zero attached hydrogens (tertiary/aromatic N) is 4. The van der Waals surface area contributed by atoms with Crippen LogP contribution in [0, 0.1) is 5.82 Å². The fourth-order valence-electron chi connectivity index (χ4n) is 2.55. The van der Waals surface area contributed by atoms with Crippen LogP contribution in [0.2, 0.25) is 0 Å². The second-order valence-electron chi connectivity index (χ2n) is 5.27. The molecule has 1 aliphatic heterocycles. The molecule has 6 nitrogen and oxygen atoms in total. The quantitative estimate of drug-likeness (QED) is 0.848. The van der Waals surface area contributed by atoms with E-state index in [0.717, 1.165) is 6.20 Å². The van der Waals surface area contributed by atoms with Gasteiger partial charge >= 0.3 is 0 Å². The topological polar surface area (TPSA) is 60.2 Å². The van der Waals surface area contributed by atoms with Crippen LogP contribution < -0.4 is 10.5 Å². The highest BCUT2D eigenvalue weighted by Gasteiger charge is 2.27. The summed E-state index contributed by atoms with van der Waals surface area (Å²) >= 11 is 0. The van der Waals surface area contributed by atoms with Gasteiger partial charge in [-0.1, -0.05) is 0 Å².